The molecule has 0 spiro atoms. The minimum absolute atomic E-state index is 0.291. The third-order valence-corrected chi connectivity index (χ3v) is 4.54. The Morgan fingerprint density at radius 3 is 2.53 bits per heavy atom. The van der Waals surface area contributed by atoms with Gasteiger partial charge in [0, 0.05) is 6.54 Å². The number of carbonyl (C=O) groups is 1. The number of amides is 1. The number of aryl methyl sites for hydroxylation is 1. The minimum Gasteiger partial charge on any atom is -0.328 e. The van der Waals surface area contributed by atoms with Crippen molar-refractivity contribution in [1.82, 2.24) is 14.5 Å². The molecule has 154 valence electrons. The van der Waals surface area contributed by atoms with Crippen LogP contribution in [0.5, 0.6) is 0 Å². The van der Waals surface area contributed by atoms with E-state index in [1.165, 1.54) is 30.6 Å². The number of nitriles is 1. The van der Waals surface area contributed by atoms with Crippen LogP contribution < -0.4 is 5.56 Å². The molecule has 0 fully saturated rings. The number of para-hydroxylation sites is 1. The SMILES string of the molecule is Cc1cccc2c(=O)n(CC(=O)N(Cc3ccc(C#N)cc3)CC(F)(F)F)cnc12. The molecule has 0 N–H and O–H groups in total. The fourth-order valence-corrected chi connectivity index (χ4v) is 3.05. The standard InChI is InChI=1S/C21H17F3N4O2/c1-14-3-2-4-17-19(14)26-13-28(20(17)30)11-18(29)27(12-21(22,23)24)10-16-7-5-15(9-25)6-8-16/h2-8,13H,10-12H2,1H3. The maximum Gasteiger partial charge on any atom is 0.406 e. The number of carbonyl (C=O) groups excluding carboxylic acids is 1. The first-order chi connectivity index (χ1) is 14.2. The molecule has 0 radical (unpaired) electrons. The van der Waals surface area contributed by atoms with Crippen LogP contribution >= 0.6 is 0 Å². The second-order valence-corrected chi connectivity index (χ2v) is 6.82. The topological polar surface area (TPSA) is 79.0 Å². The lowest BCUT2D eigenvalue weighted by Gasteiger charge is -2.24. The first-order valence-electron chi connectivity index (χ1n) is 8.96. The molecule has 6 nitrogen and oxygen atoms in total. The lowest BCUT2D eigenvalue weighted by atomic mass is 10.1. The lowest BCUT2D eigenvalue weighted by Crippen LogP contribution is -2.41. The third kappa shape index (κ3) is 4.84. The lowest BCUT2D eigenvalue weighted by molar-refractivity contribution is -0.162. The second-order valence-electron chi connectivity index (χ2n) is 6.82. The zero-order valence-electron chi connectivity index (χ0n) is 16.0. The summed E-state index contributed by atoms with van der Waals surface area (Å²) in [5.41, 5.74) is 1.56. The molecule has 3 aromatic rings. The second kappa shape index (κ2) is 8.37. The van der Waals surface area contributed by atoms with E-state index in [2.05, 4.69) is 4.98 Å². The maximum absolute atomic E-state index is 13.0. The molecule has 0 aliphatic heterocycles. The number of nitrogens with zero attached hydrogens (tertiary/aromatic N) is 4. The van der Waals surface area contributed by atoms with Gasteiger partial charge in [0.05, 0.1) is 28.9 Å². The monoisotopic (exact) mass is 414 g/mol. The van der Waals surface area contributed by atoms with Crippen LogP contribution in [-0.2, 0) is 17.9 Å². The van der Waals surface area contributed by atoms with Gasteiger partial charge in [0.15, 0.2) is 0 Å². The highest BCUT2D eigenvalue weighted by molar-refractivity contribution is 5.81. The van der Waals surface area contributed by atoms with E-state index >= 15 is 0 Å². The van der Waals surface area contributed by atoms with Crippen LogP contribution in [0.3, 0.4) is 0 Å². The number of fused-ring (bicyclic) bond motifs is 1. The van der Waals surface area contributed by atoms with Gasteiger partial charge in [0.2, 0.25) is 5.91 Å². The van der Waals surface area contributed by atoms with Crippen LogP contribution in [0.15, 0.2) is 53.6 Å². The Morgan fingerprint density at radius 1 is 1.20 bits per heavy atom. The average molecular weight is 414 g/mol. The van der Waals surface area contributed by atoms with E-state index in [1.807, 2.05) is 6.07 Å². The molecule has 1 heterocycles. The Labute approximate surface area is 169 Å². The third-order valence-electron chi connectivity index (χ3n) is 4.54. The fraction of sp³-hybridized carbons (Fsp3) is 0.238. The molecule has 1 amide bonds. The molecule has 1 aromatic heterocycles. The zero-order valence-corrected chi connectivity index (χ0v) is 16.0. The Balaban J connectivity index is 1.87. The normalized spacial score (nSPS) is 11.3. The van der Waals surface area contributed by atoms with Crippen LogP contribution in [0.2, 0.25) is 0 Å². The minimum atomic E-state index is -4.61. The van der Waals surface area contributed by atoms with Crippen molar-refractivity contribution >= 4 is 16.8 Å². The fourth-order valence-electron chi connectivity index (χ4n) is 3.05. The highest BCUT2D eigenvalue weighted by Gasteiger charge is 2.33. The van der Waals surface area contributed by atoms with E-state index in [0.717, 1.165) is 10.1 Å². The first-order valence-corrected chi connectivity index (χ1v) is 8.96. The number of benzene rings is 2. The number of hydrogen-bond acceptors (Lipinski definition) is 4. The van der Waals surface area contributed by atoms with Crippen molar-refractivity contribution in [2.45, 2.75) is 26.2 Å². The van der Waals surface area contributed by atoms with Gasteiger partial charge in [-0.05, 0) is 36.2 Å². The first kappa shape index (κ1) is 21.0. The van der Waals surface area contributed by atoms with Crippen LogP contribution in [-0.4, -0.2) is 33.1 Å². The van der Waals surface area contributed by atoms with Crippen molar-refractivity contribution in [3.05, 3.63) is 75.8 Å². The molecule has 0 saturated heterocycles. The molecule has 0 unspecified atom stereocenters. The highest BCUT2D eigenvalue weighted by Crippen LogP contribution is 2.19. The van der Waals surface area contributed by atoms with Crippen molar-refractivity contribution in [1.29, 1.82) is 5.26 Å². The Kier molecular flexibility index (Phi) is 5.87. The van der Waals surface area contributed by atoms with Gasteiger partial charge in [-0.2, -0.15) is 18.4 Å². The predicted molar refractivity (Wildman–Crippen MR) is 103 cm³/mol. The summed E-state index contributed by atoms with van der Waals surface area (Å²) in [6, 6.07) is 12.8. The predicted octanol–water partition coefficient (Wildman–Crippen LogP) is 3.17. The van der Waals surface area contributed by atoms with E-state index in [9.17, 15) is 22.8 Å². The smallest absolute Gasteiger partial charge is 0.328 e. The Bertz CT molecular complexity index is 1180. The largest absolute Gasteiger partial charge is 0.406 e. The molecular weight excluding hydrogens is 397 g/mol. The van der Waals surface area contributed by atoms with Gasteiger partial charge in [0.1, 0.15) is 13.1 Å². The summed E-state index contributed by atoms with van der Waals surface area (Å²) in [5.74, 6) is -0.868. The zero-order chi connectivity index (χ0) is 21.9. The average Bonchev–Trinajstić information content (AvgIpc) is 2.69. The number of hydrogen-bond donors (Lipinski definition) is 0. The molecule has 0 atom stereocenters. The summed E-state index contributed by atoms with van der Waals surface area (Å²) in [4.78, 5) is 30.1. The number of aromatic nitrogens is 2. The van der Waals surface area contributed by atoms with E-state index in [1.54, 1.807) is 25.1 Å². The van der Waals surface area contributed by atoms with Gasteiger partial charge in [0.25, 0.3) is 5.56 Å². The van der Waals surface area contributed by atoms with Crippen molar-refractivity contribution in [2.75, 3.05) is 6.54 Å². The van der Waals surface area contributed by atoms with Crippen LogP contribution in [0, 0.1) is 18.3 Å². The van der Waals surface area contributed by atoms with Crippen molar-refractivity contribution in [2.24, 2.45) is 0 Å². The number of halogens is 3. The van der Waals surface area contributed by atoms with Gasteiger partial charge in [-0.15, -0.1) is 0 Å². The summed E-state index contributed by atoms with van der Waals surface area (Å²) < 4.78 is 40.1. The van der Waals surface area contributed by atoms with Crippen molar-refractivity contribution < 1.29 is 18.0 Å². The van der Waals surface area contributed by atoms with Crippen LogP contribution in [0.4, 0.5) is 13.2 Å². The molecule has 9 heteroatoms. The van der Waals surface area contributed by atoms with Crippen LogP contribution in [0.25, 0.3) is 10.9 Å². The molecule has 0 saturated carbocycles. The molecule has 2 aromatic carbocycles. The van der Waals surface area contributed by atoms with Gasteiger partial charge in [-0.3, -0.25) is 14.2 Å². The molecule has 30 heavy (non-hydrogen) atoms. The summed E-state index contributed by atoms with van der Waals surface area (Å²) in [6.07, 6.45) is -3.44. The molecule has 0 aliphatic rings. The van der Waals surface area contributed by atoms with Gasteiger partial charge in [-0.1, -0.05) is 24.3 Å². The number of alkyl halides is 3. The number of rotatable bonds is 5. The summed E-state index contributed by atoms with van der Waals surface area (Å²) >= 11 is 0. The van der Waals surface area contributed by atoms with Crippen molar-refractivity contribution in [3.8, 4) is 6.07 Å². The van der Waals surface area contributed by atoms with Gasteiger partial charge >= 0.3 is 6.18 Å². The van der Waals surface area contributed by atoms with E-state index < -0.39 is 30.7 Å². The van der Waals surface area contributed by atoms with Gasteiger partial charge in [-0.25, -0.2) is 4.98 Å². The quantitative estimate of drug-likeness (QED) is 0.643. The van der Waals surface area contributed by atoms with E-state index in [-0.39, 0.29) is 6.54 Å². The van der Waals surface area contributed by atoms with E-state index in [4.69, 9.17) is 5.26 Å². The molecular formula is C21H17F3N4O2. The summed E-state index contributed by atoms with van der Waals surface area (Å²) in [5, 5.41) is 9.12. The van der Waals surface area contributed by atoms with E-state index in [0.29, 0.717) is 26.9 Å². The summed E-state index contributed by atoms with van der Waals surface area (Å²) in [7, 11) is 0. The van der Waals surface area contributed by atoms with Gasteiger partial charge < -0.3 is 4.90 Å². The summed E-state index contributed by atoms with van der Waals surface area (Å²) in [6.45, 7) is -0.547. The van der Waals surface area contributed by atoms with Crippen molar-refractivity contribution in [3.63, 3.8) is 0 Å². The highest BCUT2D eigenvalue weighted by atomic mass is 19.4. The molecule has 3 rings (SSSR count). The Morgan fingerprint density at radius 2 is 1.90 bits per heavy atom. The van der Waals surface area contributed by atoms with Crippen LogP contribution in [0.1, 0.15) is 16.7 Å². The molecule has 0 aliphatic carbocycles. The maximum atomic E-state index is 13.0. The molecule has 0 bridgehead atoms. The Hall–Kier alpha value is -3.67.